The molecule has 84 valence electrons. The molecule has 0 aliphatic carbocycles. The molecule has 0 spiro atoms. The highest BCUT2D eigenvalue weighted by molar-refractivity contribution is 5.20. The van der Waals surface area contributed by atoms with Crippen LogP contribution in [0.4, 0.5) is 0 Å². The lowest BCUT2D eigenvalue weighted by Crippen LogP contribution is -2.37. The molecule has 1 N–H and O–H groups in total. The van der Waals surface area contributed by atoms with Gasteiger partial charge in [-0.05, 0) is 31.7 Å². The average Bonchev–Trinajstić information content (AvgIpc) is 2.73. The number of nitrogens with zero attached hydrogens (tertiary/aromatic N) is 2. The van der Waals surface area contributed by atoms with Gasteiger partial charge < -0.3 is 5.32 Å². The van der Waals surface area contributed by atoms with Crippen LogP contribution in [0.2, 0.25) is 0 Å². The van der Waals surface area contributed by atoms with Crippen LogP contribution in [0.3, 0.4) is 0 Å². The van der Waals surface area contributed by atoms with Gasteiger partial charge >= 0.3 is 0 Å². The summed E-state index contributed by atoms with van der Waals surface area (Å²) in [5, 5.41) is 7.97. The first-order chi connectivity index (χ1) is 7.12. The topological polar surface area (TPSA) is 29.9 Å². The van der Waals surface area contributed by atoms with Crippen LogP contribution in [0.5, 0.6) is 0 Å². The molecule has 1 fully saturated rings. The largest absolute Gasteiger partial charge is 0.307 e. The molecule has 0 amide bonds. The van der Waals surface area contributed by atoms with Gasteiger partial charge in [-0.3, -0.25) is 4.68 Å². The zero-order valence-electron chi connectivity index (χ0n) is 9.95. The van der Waals surface area contributed by atoms with Crippen LogP contribution in [0.15, 0.2) is 12.4 Å². The first kappa shape index (κ1) is 10.7. The maximum atomic E-state index is 4.29. The minimum absolute atomic E-state index is 0.197. The third-order valence-electron chi connectivity index (χ3n) is 3.26. The lowest BCUT2D eigenvalue weighted by molar-refractivity contribution is 0.311. The third-order valence-corrected chi connectivity index (χ3v) is 3.26. The van der Waals surface area contributed by atoms with Crippen molar-refractivity contribution >= 4 is 0 Å². The van der Waals surface area contributed by atoms with E-state index in [4.69, 9.17) is 0 Å². The molecule has 2 heterocycles. The van der Waals surface area contributed by atoms with Gasteiger partial charge in [-0.25, -0.2) is 0 Å². The van der Waals surface area contributed by atoms with E-state index in [1.807, 2.05) is 17.9 Å². The van der Waals surface area contributed by atoms with Gasteiger partial charge in [-0.15, -0.1) is 0 Å². The number of rotatable bonds is 3. The molecule has 1 unspecified atom stereocenters. The molecule has 0 saturated carbocycles. The van der Waals surface area contributed by atoms with Crippen molar-refractivity contribution in [3.8, 4) is 0 Å². The Labute approximate surface area is 91.9 Å². The lowest BCUT2D eigenvalue weighted by Gasteiger charge is -2.30. The standard InChI is InChI=1S/C12H21N3/c1-10(2)7-12(5-4-6-13-12)11-8-14-15(3)9-11/h8-10,13H,4-7H2,1-3H3. The molecule has 1 saturated heterocycles. The fourth-order valence-corrected chi connectivity index (χ4v) is 2.71. The van der Waals surface area contributed by atoms with Gasteiger partial charge in [-0.2, -0.15) is 5.10 Å². The van der Waals surface area contributed by atoms with Crippen molar-refractivity contribution in [3.63, 3.8) is 0 Å². The molecule has 1 aliphatic heterocycles. The van der Waals surface area contributed by atoms with Crippen LogP contribution >= 0.6 is 0 Å². The molecule has 3 heteroatoms. The molecule has 0 aromatic carbocycles. The molecular formula is C12H21N3. The summed E-state index contributed by atoms with van der Waals surface area (Å²) in [5.74, 6) is 0.718. The van der Waals surface area contributed by atoms with Gasteiger partial charge in [0.05, 0.1) is 6.20 Å². The highest BCUT2D eigenvalue weighted by Gasteiger charge is 2.36. The number of nitrogens with one attached hydrogen (secondary N) is 1. The quantitative estimate of drug-likeness (QED) is 0.822. The molecule has 3 nitrogen and oxygen atoms in total. The van der Waals surface area contributed by atoms with Crippen molar-refractivity contribution in [1.29, 1.82) is 0 Å². The van der Waals surface area contributed by atoms with Crippen molar-refractivity contribution in [2.45, 2.75) is 38.6 Å². The van der Waals surface area contributed by atoms with Crippen molar-refractivity contribution in [2.24, 2.45) is 13.0 Å². The molecule has 2 rings (SSSR count). The first-order valence-electron chi connectivity index (χ1n) is 5.86. The molecule has 1 atom stereocenters. The van der Waals surface area contributed by atoms with Crippen molar-refractivity contribution in [1.82, 2.24) is 15.1 Å². The van der Waals surface area contributed by atoms with E-state index in [-0.39, 0.29) is 5.54 Å². The summed E-state index contributed by atoms with van der Waals surface area (Å²) >= 11 is 0. The van der Waals surface area contributed by atoms with E-state index in [1.165, 1.54) is 24.8 Å². The fourth-order valence-electron chi connectivity index (χ4n) is 2.71. The summed E-state index contributed by atoms with van der Waals surface area (Å²) in [6, 6.07) is 0. The maximum Gasteiger partial charge on any atom is 0.0540 e. The summed E-state index contributed by atoms with van der Waals surface area (Å²) < 4.78 is 1.90. The molecule has 1 aromatic heterocycles. The van der Waals surface area contributed by atoms with E-state index < -0.39 is 0 Å². The molecule has 15 heavy (non-hydrogen) atoms. The van der Waals surface area contributed by atoms with Crippen LogP contribution in [0, 0.1) is 5.92 Å². The molecule has 0 radical (unpaired) electrons. The highest BCUT2D eigenvalue weighted by Crippen LogP contribution is 2.36. The van der Waals surface area contributed by atoms with Crippen LogP contribution in [-0.2, 0) is 12.6 Å². The van der Waals surface area contributed by atoms with Crippen LogP contribution < -0.4 is 5.32 Å². The predicted molar refractivity (Wildman–Crippen MR) is 61.6 cm³/mol. The lowest BCUT2D eigenvalue weighted by atomic mass is 9.83. The van der Waals surface area contributed by atoms with Crippen molar-refractivity contribution < 1.29 is 0 Å². The summed E-state index contributed by atoms with van der Waals surface area (Å²) in [6.07, 6.45) is 7.90. The van der Waals surface area contributed by atoms with Crippen LogP contribution in [0.1, 0.15) is 38.7 Å². The SMILES string of the molecule is CC(C)CC1(c2cnn(C)c2)CCCN1. The Balaban J connectivity index is 2.26. The van der Waals surface area contributed by atoms with Gasteiger partial charge in [0.25, 0.3) is 0 Å². The summed E-state index contributed by atoms with van der Waals surface area (Å²) in [7, 11) is 1.99. The number of aromatic nitrogens is 2. The minimum atomic E-state index is 0.197. The van der Waals surface area contributed by atoms with Gasteiger partial charge in [0.1, 0.15) is 0 Å². The van der Waals surface area contributed by atoms with Gasteiger partial charge in [0, 0.05) is 24.3 Å². The summed E-state index contributed by atoms with van der Waals surface area (Å²) in [6.45, 7) is 5.72. The average molecular weight is 207 g/mol. The number of hydrogen-bond acceptors (Lipinski definition) is 2. The summed E-state index contributed by atoms with van der Waals surface area (Å²) in [4.78, 5) is 0. The smallest absolute Gasteiger partial charge is 0.0540 e. The monoisotopic (exact) mass is 207 g/mol. The second-order valence-electron chi connectivity index (χ2n) is 5.11. The van der Waals surface area contributed by atoms with E-state index in [1.54, 1.807) is 0 Å². The molecule has 1 aromatic rings. The Kier molecular flexibility index (Phi) is 2.83. The van der Waals surface area contributed by atoms with E-state index >= 15 is 0 Å². The Morgan fingerprint density at radius 2 is 2.40 bits per heavy atom. The number of aryl methyl sites for hydroxylation is 1. The van der Waals surface area contributed by atoms with E-state index in [2.05, 4.69) is 30.5 Å². The van der Waals surface area contributed by atoms with E-state index in [0.29, 0.717) is 0 Å². The van der Waals surface area contributed by atoms with E-state index in [9.17, 15) is 0 Å². The van der Waals surface area contributed by atoms with Gasteiger partial charge in [0.15, 0.2) is 0 Å². The zero-order valence-corrected chi connectivity index (χ0v) is 9.95. The van der Waals surface area contributed by atoms with Gasteiger partial charge in [-0.1, -0.05) is 13.8 Å². The fraction of sp³-hybridized carbons (Fsp3) is 0.750. The Hall–Kier alpha value is -0.830. The van der Waals surface area contributed by atoms with Crippen LogP contribution in [-0.4, -0.2) is 16.3 Å². The van der Waals surface area contributed by atoms with Crippen molar-refractivity contribution in [3.05, 3.63) is 18.0 Å². The minimum Gasteiger partial charge on any atom is -0.307 e. The van der Waals surface area contributed by atoms with E-state index in [0.717, 1.165) is 12.5 Å². The third kappa shape index (κ3) is 2.07. The normalized spacial score (nSPS) is 26.4. The predicted octanol–water partition coefficient (Wildman–Crippen LogP) is 2.04. The highest BCUT2D eigenvalue weighted by atomic mass is 15.2. The molecule has 0 bridgehead atoms. The number of hydrogen-bond donors (Lipinski definition) is 1. The molecule has 1 aliphatic rings. The second kappa shape index (κ2) is 3.97. The Morgan fingerprint density at radius 1 is 1.60 bits per heavy atom. The Bertz CT molecular complexity index is 321. The first-order valence-corrected chi connectivity index (χ1v) is 5.86. The zero-order chi connectivity index (χ0) is 10.9. The molecular weight excluding hydrogens is 186 g/mol. The van der Waals surface area contributed by atoms with Crippen molar-refractivity contribution in [2.75, 3.05) is 6.54 Å². The maximum absolute atomic E-state index is 4.29. The second-order valence-corrected chi connectivity index (χ2v) is 5.11. The Morgan fingerprint density at radius 3 is 2.87 bits per heavy atom. The van der Waals surface area contributed by atoms with Gasteiger partial charge in [0.2, 0.25) is 0 Å². The summed E-state index contributed by atoms with van der Waals surface area (Å²) in [5.41, 5.74) is 1.55. The van der Waals surface area contributed by atoms with Crippen LogP contribution in [0.25, 0.3) is 0 Å².